The molecule has 1 atom stereocenters. The van der Waals surface area contributed by atoms with Crippen molar-refractivity contribution in [2.75, 3.05) is 25.1 Å². The minimum Gasteiger partial charge on any atom is -0.372 e. The number of anilines is 1. The van der Waals surface area contributed by atoms with Gasteiger partial charge in [0.15, 0.2) is 0 Å². The Labute approximate surface area is 130 Å². The molecular weight excluding hydrogens is 276 g/mol. The Morgan fingerprint density at radius 2 is 2.00 bits per heavy atom. The minimum absolute atomic E-state index is 0.0353. The molecule has 4 nitrogen and oxygen atoms in total. The fourth-order valence-electron chi connectivity index (χ4n) is 2.84. The summed E-state index contributed by atoms with van der Waals surface area (Å²) in [6.45, 7) is 1.43. The van der Waals surface area contributed by atoms with Gasteiger partial charge in [-0.15, -0.1) is 0 Å². The number of nitrogens with two attached hydrogens (primary N) is 1. The van der Waals surface area contributed by atoms with Crippen LogP contribution in [0.25, 0.3) is 0 Å². The summed E-state index contributed by atoms with van der Waals surface area (Å²) in [6, 6.07) is 15.9. The summed E-state index contributed by atoms with van der Waals surface area (Å²) in [6.07, 6.45) is 0.816. The van der Waals surface area contributed by atoms with Crippen LogP contribution in [-0.4, -0.2) is 26.1 Å². The summed E-state index contributed by atoms with van der Waals surface area (Å²) < 4.78 is 6.04. The molecule has 0 fully saturated rings. The number of likely N-dealkylation sites (N-methyl/N-ethyl adjacent to an activating group) is 1. The normalized spacial score (nSPS) is 18.2. The molecule has 1 unspecified atom stereocenters. The topological polar surface area (TPSA) is 55.6 Å². The fourth-order valence-corrected chi connectivity index (χ4v) is 2.84. The van der Waals surface area contributed by atoms with Gasteiger partial charge in [-0.2, -0.15) is 0 Å². The third-order valence-electron chi connectivity index (χ3n) is 4.10. The highest BCUT2D eigenvalue weighted by Gasteiger charge is 2.20. The number of hydrogen-bond acceptors (Lipinski definition) is 3. The number of ether oxygens (including phenoxy) is 1. The van der Waals surface area contributed by atoms with E-state index in [2.05, 4.69) is 17.0 Å². The second-order valence-electron chi connectivity index (χ2n) is 5.60. The van der Waals surface area contributed by atoms with Crippen molar-refractivity contribution < 1.29 is 9.53 Å². The molecule has 1 amide bonds. The first kappa shape index (κ1) is 14.6. The third-order valence-corrected chi connectivity index (χ3v) is 4.10. The van der Waals surface area contributed by atoms with Gasteiger partial charge in [-0.05, 0) is 23.3 Å². The van der Waals surface area contributed by atoms with Gasteiger partial charge in [0.2, 0.25) is 5.91 Å². The Balaban J connectivity index is 1.97. The molecule has 0 saturated heterocycles. The molecule has 0 aliphatic carbocycles. The second kappa shape index (κ2) is 6.20. The highest BCUT2D eigenvalue weighted by atomic mass is 16.5. The second-order valence-corrected chi connectivity index (χ2v) is 5.60. The van der Waals surface area contributed by atoms with Crippen LogP contribution in [0.2, 0.25) is 0 Å². The Kier molecular flexibility index (Phi) is 4.11. The summed E-state index contributed by atoms with van der Waals surface area (Å²) in [4.78, 5) is 13.5. The maximum absolute atomic E-state index is 11.4. The Morgan fingerprint density at radius 1 is 1.23 bits per heavy atom. The highest BCUT2D eigenvalue weighted by molar-refractivity contribution is 5.94. The van der Waals surface area contributed by atoms with Crippen molar-refractivity contribution in [3.63, 3.8) is 0 Å². The molecule has 2 N–H and O–H groups in total. The van der Waals surface area contributed by atoms with Crippen molar-refractivity contribution in [1.82, 2.24) is 0 Å². The van der Waals surface area contributed by atoms with Gasteiger partial charge in [-0.25, -0.2) is 0 Å². The Hall–Kier alpha value is -2.33. The van der Waals surface area contributed by atoms with Gasteiger partial charge in [-0.1, -0.05) is 36.4 Å². The predicted molar refractivity (Wildman–Crippen MR) is 87.1 cm³/mol. The lowest BCUT2D eigenvalue weighted by molar-refractivity contribution is 0.0560. The number of nitrogens with zero attached hydrogens (tertiary/aromatic N) is 1. The van der Waals surface area contributed by atoms with Crippen LogP contribution in [0, 0.1) is 0 Å². The molecule has 1 aliphatic heterocycles. The van der Waals surface area contributed by atoms with Gasteiger partial charge in [0.25, 0.3) is 0 Å². The van der Waals surface area contributed by atoms with E-state index < -0.39 is 5.91 Å². The monoisotopic (exact) mass is 296 g/mol. The van der Waals surface area contributed by atoms with Crippen molar-refractivity contribution in [3.05, 3.63) is 65.2 Å². The van der Waals surface area contributed by atoms with Crippen LogP contribution >= 0.6 is 0 Å². The third kappa shape index (κ3) is 2.97. The molecule has 4 heteroatoms. The van der Waals surface area contributed by atoms with E-state index in [0.29, 0.717) is 12.2 Å². The van der Waals surface area contributed by atoms with Crippen LogP contribution in [0.15, 0.2) is 48.5 Å². The van der Waals surface area contributed by atoms with Gasteiger partial charge in [-0.3, -0.25) is 4.79 Å². The summed E-state index contributed by atoms with van der Waals surface area (Å²) in [7, 11) is 2.01. The number of carbonyl (C=O) groups excluding carboxylic acids is 1. The van der Waals surface area contributed by atoms with Crippen molar-refractivity contribution in [1.29, 1.82) is 0 Å². The van der Waals surface area contributed by atoms with E-state index in [1.165, 1.54) is 11.1 Å². The maximum Gasteiger partial charge on any atom is 0.248 e. The average molecular weight is 296 g/mol. The number of fused-ring (bicyclic) bond motifs is 1. The first-order chi connectivity index (χ1) is 10.6. The van der Waals surface area contributed by atoms with Gasteiger partial charge in [0.1, 0.15) is 0 Å². The predicted octanol–water partition coefficient (Wildman–Crippen LogP) is 2.54. The Morgan fingerprint density at radius 3 is 2.73 bits per heavy atom. The number of rotatable bonds is 2. The molecule has 1 aliphatic rings. The summed E-state index contributed by atoms with van der Waals surface area (Å²) in [5.74, 6) is -0.394. The lowest BCUT2D eigenvalue weighted by Crippen LogP contribution is -2.28. The first-order valence-corrected chi connectivity index (χ1v) is 7.45. The standard InChI is InChI=1S/C18H20N2O2/c1-20-9-10-22-17(13-5-3-2-4-6-13)12-14-7-8-15(18(19)21)11-16(14)20/h2-8,11,17H,9-10,12H2,1H3,(H2,19,21). The number of amides is 1. The summed E-state index contributed by atoms with van der Waals surface area (Å²) in [5.41, 5.74) is 9.34. The molecule has 3 rings (SSSR count). The van der Waals surface area contributed by atoms with E-state index in [1.807, 2.05) is 37.4 Å². The van der Waals surface area contributed by atoms with E-state index in [1.54, 1.807) is 6.07 Å². The number of benzene rings is 2. The number of primary amides is 1. The number of carbonyl (C=O) groups is 1. The van der Waals surface area contributed by atoms with Crippen LogP contribution in [0.4, 0.5) is 5.69 Å². The fraction of sp³-hybridized carbons (Fsp3) is 0.278. The molecule has 22 heavy (non-hydrogen) atoms. The molecule has 1 heterocycles. The van der Waals surface area contributed by atoms with Crippen LogP contribution in [-0.2, 0) is 11.2 Å². The van der Waals surface area contributed by atoms with Gasteiger partial charge in [0, 0.05) is 31.3 Å². The number of hydrogen-bond donors (Lipinski definition) is 1. The quantitative estimate of drug-likeness (QED) is 0.926. The van der Waals surface area contributed by atoms with E-state index >= 15 is 0 Å². The van der Waals surface area contributed by atoms with Crippen molar-refractivity contribution in [2.45, 2.75) is 12.5 Å². The van der Waals surface area contributed by atoms with Gasteiger partial charge >= 0.3 is 0 Å². The van der Waals surface area contributed by atoms with Crippen molar-refractivity contribution >= 4 is 11.6 Å². The summed E-state index contributed by atoms with van der Waals surface area (Å²) >= 11 is 0. The molecule has 0 spiro atoms. The molecule has 0 bridgehead atoms. The van der Waals surface area contributed by atoms with E-state index in [4.69, 9.17) is 10.5 Å². The smallest absolute Gasteiger partial charge is 0.248 e. The first-order valence-electron chi connectivity index (χ1n) is 7.45. The maximum atomic E-state index is 11.4. The SMILES string of the molecule is CN1CCOC(c2ccccc2)Cc2ccc(C(N)=O)cc21. The van der Waals surface area contributed by atoms with E-state index in [9.17, 15) is 4.79 Å². The molecule has 0 saturated carbocycles. The zero-order valence-electron chi connectivity index (χ0n) is 12.7. The largest absolute Gasteiger partial charge is 0.372 e. The average Bonchev–Trinajstić information content (AvgIpc) is 2.52. The lowest BCUT2D eigenvalue weighted by atomic mass is 9.97. The molecule has 114 valence electrons. The van der Waals surface area contributed by atoms with Crippen LogP contribution in [0.1, 0.15) is 27.6 Å². The lowest BCUT2D eigenvalue weighted by Gasteiger charge is -2.29. The zero-order chi connectivity index (χ0) is 15.5. The molecule has 2 aromatic carbocycles. The van der Waals surface area contributed by atoms with E-state index in [0.717, 1.165) is 18.7 Å². The molecule has 0 aromatic heterocycles. The minimum atomic E-state index is -0.394. The van der Waals surface area contributed by atoms with Crippen LogP contribution in [0.3, 0.4) is 0 Å². The molecule has 0 radical (unpaired) electrons. The van der Waals surface area contributed by atoms with E-state index in [-0.39, 0.29) is 6.10 Å². The van der Waals surface area contributed by atoms with Crippen LogP contribution < -0.4 is 10.6 Å². The van der Waals surface area contributed by atoms with Crippen LogP contribution in [0.5, 0.6) is 0 Å². The van der Waals surface area contributed by atoms with Gasteiger partial charge < -0.3 is 15.4 Å². The van der Waals surface area contributed by atoms with Crippen molar-refractivity contribution in [2.24, 2.45) is 5.73 Å². The molecular formula is C18H20N2O2. The molecule has 2 aromatic rings. The zero-order valence-corrected chi connectivity index (χ0v) is 12.7. The van der Waals surface area contributed by atoms with Gasteiger partial charge in [0.05, 0.1) is 12.7 Å². The van der Waals surface area contributed by atoms with Crippen molar-refractivity contribution in [3.8, 4) is 0 Å². The summed E-state index contributed by atoms with van der Waals surface area (Å²) in [5, 5.41) is 0. The Bertz CT molecular complexity index is 670. The highest BCUT2D eigenvalue weighted by Crippen LogP contribution is 2.30.